The number of benzene rings is 2. The average Bonchev–Trinajstić information content (AvgIpc) is 2.53. The van der Waals surface area contributed by atoms with Gasteiger partial charge in [0, 0.05) is 18.0 Å². The number of nitrogens with zero attached hydrogens (tertiary/aromatic N) is 1. The molecule has 0 amide bonds. The third kappa shape index (κ3) is 5.93. The maximum Gasteiger partial charge on any atom is 0.317 e. The molecule has 23 heavy (non-hydrogen) atoms. The zero-order valence-electron chi connectivity index (χ0n) is 13.0. The lowest BCUT2D eigenvalue weighted by atomic mass is 10.1. The number of carboxylic acids is 1. The molecule has 1 N–H and O–H groups in total. The van der Waals surface area contributed by atoms with E-state index >= 15 is 0 Å². The SMILES string of the molecule is CN(CC[C@@H](Oc1ccc(Cl)cc1)c1ccccc1)CC(=O)O. The number of aliphatic carboxylic acids is 1. The van der Waals surface area contributed by atoms with Crippen molar-refractivity contribution < 1.29 is 14.6 Å². The molecule has 0 saturated carbocycles. The van der Waals surface area contributed by atoms with E-state index < -0.39 is 5.97 Å². The number of carboxylic acid groups (broad SMARTS) is 1. The number of ether oxygens (including phenoxy) is 1. The van der Waals surface area contributed by atoms with Crippen LogP contribution in [-0.2, 0) is 4.79 Å². The lowest BCUT2D eigenvalue weighted by Gasteiger charge is -2.22. The highest BCUT2D eigenvalue weighted by Crippen LogP contribution is 2.26. The molecule has 2 rings (SSSR count). The molecule has 0 spiro atoms. The van der Waals surface area contributed by atoms with Crippen molar-refractivity contribution in [2.75, 3.05) is 20.1 Å². The number of carbonyl (C=O) groups is 1. The molecule has 122 valence electrons. The maximum atomic E-state index is 10.8. The van der Waals surface area contributed by atoms with Crippen LogP contribution in [0.25, 0.3) is 0 Å². The molecule has 0 aliphatic rings. The van der Waals surface area contributed by atoms with Crippen LogP contribution in [0.3, 0.4) is 0 Å². The van der Waals surface area contributed by atoms with Crippen LogP contribution in [0.2, 0.25) is 5.02 Å². The summed E-state index contributed by atoms with van der Waals surface area (Å²) in [7, 11) is 1.79. The van der Waals surface area contributed by atoms with Crippen molar-refractivity contribution in [3.05, 3.63) is 65.2 Å². The minimum Gasteiger partial charge on any atom is -0.486 e. The fourth-order valence-corrected chi connectivity index (χ4v) is 2.41. The quantitative estimate of drug-likeness (QED) is 0.796. The molecule has 2 aromatic rings. The molecule has 0 heterocycles. The zero-order valence-corrected chi connectivity index (χ0v) is 13.7. The smallest absolute Gasteiger partial charge is 0.317 e. The standard InChI is InChI=1S/C18H20ClNO3/c1-20(13-18(21)22)12-11-17(14-5-3-2-4-6-14)23-16-9-7-15(19)8-10-16/h2-10,17H,11-13H2,1H3,(H,21,22)/t17-/m1/s1. The summed E-state index contributed by atoms with van der Waals surface area (Å²) in [6.45, 7) is 0.641. The monoisotopic (exact) mass is 333 g/mol. The largest absolute Gasteiger partial charge is 0.486 e. The molecule has 5 heteroatoms. The molecule has 0 aliphatic heterocycles. The summed E-state index contributed by atoms with van der Waals surface area (Å²) in [5.74, 6) is -0.0912. The number of halogens is 1. The van der Waals surface area contributed by atoms with Crippen molar-refractivity contribution in [1.29, 1.82) is 0 Å². The van der Waals surface area contributed by atoms with Crippen LogP contribution in [0, 0.1) is 0 Å². The molecular weight excluding hydrogens is 314 g/mol. The summed E-state index contributed by atoms with van der Waals surface area (Å²) in [5.41, 5.74) is 1.06. The molecule has 0 bridgehead atoms. The first-order valence-corrected chi connectivity index (χ1v) is 7.80. The second kappa shape index (κ2) is 8.56. The Kier molecular flexibility index (Phi) is 6.44. The lowest BCUT2D eigenvalue weighted by molar-refractivity contribution is -0.138. The van der Waals surface area contributed by atoms with Crippen LogP contribution >= 0.6 is 11.6 Å². The molecule has 1 atom stereocenters. The number of likely N-dealkylation sites (N-methyl/N-ethyl adjacent to an activating group) is 1. The van der Waals surface area contributed by atoms with Gasteiger partial charge in [-0.1, -0.05) is 41.9 Å². The first-order valence-electron chi connectivity index (χ1n) is 7.42. The number of hydrogen-bond donors (Lipinski definition) is 1. The van der Waals surface area contributed by atoms with Gasteiger partial charge in [0.1, 0.15) is 11.9 Å². The topological polar surface area (TPSA) is 49.8 Å². The van der Waals surface area contributed by atoms with Gasteiger partial charge in [0.05, 0.1) is 6.54 Å². The predicted octanol–water partition coefficient (Wildman–Crippen LogP) is 3.87. The minimum atomic E-state index is -0.831. The molecule has 0 saturated heterocycles. The fourth-order valence-electron chi connectivity index (χ4n) is 2.29. The van der Waals surface area contributed by atoms with Crippen molar-refractivity contribution in [3.8, 4) is 5.75 Å². The van der Waals surface area contributed by atoms with Crippen molar-refractivity contribution in [3.63, 3.8) is 0 Å². The van der Waals surface area contributed by atoms with Crippen LogP contribution in [0.15, 0.2) is 54.6 Å². The third-order valence-corrected chi connectivity index (χ3v) is 3.69. The first kappa shape index (κ1) is 17.3. The molecule has 0 aromatic heterocycles. The van der Waals surface area contributed by atoms with Gasteiger partial charge >= 0.3 is 5.97 Å². The summed E-state index contributed by atoms with van der Waals surface area (Å²) in [6, 6.07) is 17.2. The van der Waals surface area contributed by atoms with Crippen LogP contribution in [-0.4, -0.2) is 36.1 Å². The van der Waals surface area contributed by atoms with Crippen molar-refractivity contribution >= 4 is 17.6 Å². The van der Waals surface area contributed by atoms with E-state index in [4.69, 9.17) is 21.4 Å². The fraction of sp³-hybridized carbons (Fsp3) is 0.278. The van der Waals surface area contributed by atoms with E-state index in [-0.39, 0.29) is 12.6 Å². The summed E-state index contributed by atoms with van der Waals surface area (Å²) >= 11 is 5.90. The Bertz CT molecular complexity index is 616. The van der Waals surface area contributed by atoms with Gasteiger partial charge < -0.3 is 9.84 Å². The Morgan fingerprint density at radius 2 is 1.83 bits per heavy atom. The van der Waals surface area contributed by atoms with Gasteiger partial charge in [-0.15, -0.1) is 0 Å². The van der Waals surface area contributed by atoms with Crippen LogP contribution < -0.4 is 4.74 Å². The Hall–Kier alpha value is -2.04. The van der Waals surface area contributed by atoms with Crippen molar-refractivity contribution in [2.24, 2.45) is 0 Å². The minimum absolute atomic E-state index is 0.0163. The van der Waals surface area contributed by atoms with E-state index in [1.165, 1.54) is 0 Å². The summed E-state index contributed by atoms with van der Waals surface area (Å²) < 4.78 is 6.08. The van der Waals surface area contributed by atoms with E-state index in [2.05, 4.69) is 0 Å². The molecule has 0 radical (unpaired) electrons. The Morgan fingerprint density at radius 3 is 2.43 bits per heavy atom. The highest BCUT2D eigenvalue weighted by Gasteiger charge is 2.15. The van der Waals surface area contributed by atoms with Crippen LogP contribution in [0.5, 0.6) is 5.75 Å². The highest BCUT2D eigenvalue weighted by molar-refractivity contribution is 6.30. The predicted molar refractivity (Wildman–Crippen MR) is 91.0 cm³/mol. The second-order valence-corrected chi connectivity index (χ2v) is 5.83. The van der Waals surface area contributed by atoms with Crippen molar-refractivity contribution in [1.82, 2.24) is 4.90 Å². The van der Waals surface area contributed by atoms with E-state index in [0.29, 0.717) is 18.0 Å². The highest BCUT2D eigenvalue weighted by atomic mass is 35.5. The van der Waals surface area contributed by atoms with E-state index in [0.717, 1.165) is 11.3 Å². The lowest BCUT2D eigenvalue weighted by Crippen LogP contribution is -2.28. The average molecular weight is 334 g/mol. The van der Waals surface area contributed by atoms with Crippen LogP contribution in [0.4, 0.5) is 0 Å². The summed E-state index contributed by atoms with van der Waals surface area (Å²) in [4.78, 5) is 12.5. The van der Waals surface area contributed by atoms with Crippen LogP contribution in [0.1, 0.15) is 18.1 Å². The van der Waals surface area contributed by atoms with E-state index in [1.807, 2.05) is 42.5 Å². The van der Waals surface area contributed by atoms with E-state index in [9.17, 15) is 4.79 Å². The molecule has 0 unspecified atom stereocenters. The Balaban J connectivity index is 2.06. The first-order chi connectivity index (χ1) is 11.0. The normalized spacial score (nSPS) is 12.1. The van der Waals surface area contributed by atoms with Gasteiger partial charge in [-0.3, -0.25) is 9.69 Å². The molecular formula is C18H20ClNO3. The zero-order chi connectivity index (χ0) is 16.7. The Morgan fingerprint density at radius 1 is 1.17 bits per heavy atom. The van der Waals surface area contributed by atoms with Crippen molar-refractivity contribution in [2.45, 2.75) is 12.5 Å². The van der Waals surface area contributed by atoms with Gasteiger partial charge in [-0.05, 0) is 36.9 Å². The molecule has 0 aliphatic carbocycles. The van der Waals surface area contributed by atoms with Gasteiger partial charge in [-0.25, -0.2) is 0 Å². The molecule has 2 aromatic carbocycles. The summed E-state index contributed by atoms with van der Waals surface area (Å²) in [5, 5.41) is 9.50. The van der Waals surface area contributed by atoms with E-state index in [1.54, 1.807) is 24.1 Å². The maximum absolute atomic E-state index is 10.8. The van der Waals surface area contributed by atoms with Gasteiger partial charge in [0.25, 0.3) is 0 Å². The van der Waals surface area contributed by atoms with Gasteiger partial charge in [0.2, 0.25) is 0 Å². The number of hydrogen-bond acceptors (Lipinski definition) is 3. The summed E-state index contributed by atoms with van der Waals surface area (Å²) in [6.07, 6.45) is 0.546. The number of rotatable bonds is 8. The third-order valence-electron chi connectivity index (χ3n) is 3.44. The van der Waals surface area contributed by atoms with Gasteiger partial charge in [0.15, 0.2) is 0 Å². The van der Waals surface area contributed by atoms with Gasteiger partial charge in [-0.2, -0.15) is 0 Å². The Labute approximate surface area is 141 Å². The molecule has 4 nitrogen and oxygen atoms in total. The molecule has 0 fully saturated rings. The second-order valence-electron chi connectivity index (χ2n) is 5.39.